The molecule has 1 spiro atoms. The summed E-state index contributed by atoms with van der Waals surface area (Å²) in [4.78, 5) is 2.93. The van der Waals surface area contributed by atoms with Crippen LogP contribution in [0.4, 0.5) is 0 Å². The first-order valence-electron chi connectivity index (χ1n) is 8.24. The molecule has 0 bridgehead atoms. The molecule has 0 amide bonds. The molecule has 0 N–H and O–H groups in total. The van der Waals surface area contributed by atoms with E-state index in [1.54, 1.807) is 0 Å². The number of benzene rings is 2. The Labute approximate surface area is 149 Å². The summed E-state index contributed by atoms with van der Waals surface area (Å²) in [6, 6.07) is 22.8. The summed E-state index contributed by atoms with van der Waals surface area (Å²) in [7, 11) is 0. The van der Waals surface area contributed by atoms with Crippen molar-refractivity contribution in [3.63, 3.8) is 0 Å². The van der Waals surface area contributed by atoms with E-state index in [1.807, 2.05) is 22.7 Å². The van der Waals surface area contributed by atoms with E-state index in [4.69, 9.17) is 0 Å². The van der Waals surface area contributed by atoms with Crippen LogP contribution in [0, 0.1) is 0 Å². The Kier molecular flexibility index (Phi) is 2.45. The van der Waals surface area contributed by atoms with Gasteiger partial charge in [-0.25, -0.2) is 0 Å². The third kappa shape index (κ3) is 1.36. The standard InChI is InChI=1S/C22H14S2/c1-3-7-16-14(5-1)13-15-6-2-4-8-17(15)22(16)18-9-11-23-20(18)21-19(22)10-12-24-21/h1-12H,13H2. The van der Waals surface area contributed by atoms with Crippen LogP contribution in [0.1, 0.15) is 33.4 Å². The van der Waals surface area contributed by atoms with E-state index in [-0.39, 0.29) is 5.41 Å². The first-order chi connectivity index (χ1) is 11.9. The number of fused-ring (bicyclic) bond motifs is 9. The number of hydrogen-bond donors (Lipinski definition) is 0. The second-order valence-corrected chi connectivity index (χ2v) is 8.40. The Bertz CT molecular complexity index is 1010. The minimum Gasteiger partial charge on any atom is -0.143 e. The molecule has 6 rings (SSSR count). The van der Waals surface area contributed by atoms with Crippen molar-refractivity contribution < 1.29 is 0 Å². The molecule has 2 aliphatic carbocycles. The van der Waals surface area contributed by atoms with Crippen molar-refractivity contribution in [1.29, 1.82) is 0 Å². The molecule has 0 saturated heterocycles. The number of hydrogen-bond acceptors (Lipinski definition) is 2. The summed E-state index contributed by atoms with van der Waals surface area (Å²) >= 11 is 3.77. The lowest BCUT2D eigenvalue weighted by Gasteiger charge is -2.39. The highest BCUT2D eigenvalue weighted by atomic mass is 32.1. The molecule has 0 aliphatic heterocycles. The van der Waals surface area contributed by atoms with Crippen molar-refractivity contribution >= 4 is 22.7 Å². The van der Waals surface area contributed by atoms with Crippen LogP contribution in [0.5, 0.6) is 0 Å². The van der Waals surface area contributed by atoms with Gasteiger partial charge in [-0.15, -0.1) is 22.7 Å². The van der Waals surface area contributed by atoms with E-state index in [0.717, 1.165) is 6.42 Å². The zero-order chi connectivity index (χ0) is 15.7. The topological polar surface area (TPSA) is 0 Å². The van der Waals surface area contributed by atoms with Crippen LogP contribution in [0.25, 0.3) is 9.75 Å². The predicted molar refractivity (Wildman–Crippen MR) is 102 cm³/mol. The molecule has 2 heterocycles. The first-order valence-corrected chi connectivity index (χ1v) is 9.99. The smallest absolute Gasteiger partial charge is 0.0736 e. The molecule has 24 heavy (non-hydrogen) atoms. The van der Waals surface area contributed by atoms with Crippen LogP contribution in [-0.2, 0) is 11.8 Å². The number of rotatable bonds is 0. The molecule has 0 unspecified atom stereocenters. The summed E-state index contributed by atoms with van der Waals surface area (Å²) in [6.45, 7) is 0. The normalized spacial score (nSPS) is 15.7. The van der Waals surface area contributed by atoms with Gasteiger partial charge < -0.3 is 0 Å². The molecule has 0 fully saturated rings. The van der Waals surface area contributed by atoms with Crippen LogP contribution >= 0.6 is 22.7 Å². The van der Waals surface area contributed by atoms with Gasteiger partial charge in [-0.2, -0.15) is 0 Å². The SMILES string of the molecule is c1ccc2c(c1)Cc1ccccc1C21c2ccsc2-c2sccc21. The van der Waals surface area contributed by atoms with Gasteiger partial charge in [0.15, 0.2) is 0 Å². The molecule has 0 saturated carbocycles. The maximum atomic E-state index is 2.35. The fourth-order valence-corrected chi connectivity index (χ4v) is 6.82. The van der Waals surface area contributed by atoms with Gasteiger partial charge in [-0.3, -0.25) is 0 Å². The van der Waals surface area contributed by atoms with Crippen molar-refractivity contribution in [1.82, 2.24) is 0 Å². The lowest BCUT2D eigenvalue weighted by molar-refractivity contribution is 0.725. The second-order valence-electron chi connectivity index (χ2n) is 6.57. The molecule has 0 nitrogen and oxygen atoms in total. The van der Waals surface area contributed by atoms with Gasteiger partial charge >= 0.3 is 0 Å². The van der Waals surface area contributed by atoms with Gasteiger partial charge in [-0.05, 0) is 62.7 Å². The fourth-order valence-electron chi connectivity index (χ4n) is 4.72. The summed E-state index contributed by atoms with van der Waals surface area (Å²) < 4.78 is 0. The van der Waals surface area contributed by atoms with Crippen LogP contribution < -0.4 is 0 Å². The zero-order valence-corrected chi connectivity index (χ0v) is 14.6. The lowest BCUT2D eigenvalue weighted by Crippen LogP contribution is -2.33. The zero-order valence-electron chi connectivity index (χ0n) is 13.0. The van der Waals surface area contributed by atoms with E-state index in [1.165, 1.54) is 43.1 Å². The molecule has 0 atom stereocenters. The molecule has 0 radical (unpaired) electrons. The fraction of sp³-hybridized carbons (Fsp3) is 0.0909. The molecule has 2 heteroatoms. The van der Waals surface area contributed by atoms with Gasteiger partial charge in [0.2, 0.25) is 0 Å². The van der Waals surface area contributed by atoms with Crippen molar-refractivity contribution in [2.24, 2.45) is 0 Å². The van der Waals surface area contributed by atoms with Crippen LogP contribution in [0.3, 0.4) is 0 Å². The molecule has 114 valence electrons. The van der Waals surface area contributed by atoms with E-state index >= 15 is 0 Å². The highest BCUT2D eigenvalue weighted by Crippen LogP contribution is 2.61. The van der Waals surface area contributed by atoms with E-state index in [0.29, 0.717) is 0 Å². The Morgan fingerprint density at radius 1 is 0.583 bits per heavy atom. The van der Waals surface area contributed by atoms with Gasteiger partial charge in [-0.1, -0.05) is 48.5 Å². The van der Waals surface area contributed by atoms with E-state index < -0.39 is 0 Å². The van der Waals surface area contributed by atoms with Crippen LogP contribution in [-0.4, -0.2) is 0 Å². The summed E-state index contributed by atoms with van der Waals surface area (Å²) in [6.07, 6.45) is 1.03. The quantitative estimate of drug-likeness (QED) is 0.314. The van der Waals surface area contributed by atoms with Gasteiger partial charge in [0, 0.05) is 9.75 Å². The molecule has 2 aromatic heterocycles. The average molecular weight is 342 g/mol. The number of thiophene rings is 2. The maximum absolute atomic E-state index is 2.35. The van der Waals surface area contributed by atoms with Gasteiger partial charge in [0.25, 0.3) is 0 Å². The van der Waals surface area contributed by atoms with E-state index in [2.05, 4.69) is 71.4 Å². The predicted octanol–water partition coefficient (Wildman–Crippen LogP) is 6.08. The van der Waals surface area contributed by atoms with Gasteiger partial charge in [0.1, 0.15) is 0 Å². The van der Waals surface area contributed by atoms with Crippen molar-refractivity contribution in [2.45, 2.75) is 11.8 Å². The second kappa shape index (κ2) is 4.47. The molecular formula is C22H14S2. The highest BCUT2D eigenvalue weighted by Gasteiger charge is 2.50. The first kappa shape index (κ1) is 13.2. The van der Waals surface area contributed by atoms with E-state index in [9.17, 15) is 0 Å². The Balaban J connectivity index is 1.86. The highest BCUT2D eigenvalue weighted by molar-refractivity contribution is 7.21. The summed E-state index contributed by atoms with van der Waals surface area (Å²) in [5, 5.41) is 4.52. The largest absolute Gasteiger partial charge is 0.143 e. The van der Waals surface area contributed by atoms with Crippen molar-refractivity contribution in [3.05, 3.63) is 105 Å². The molecule has 2 aromatic carbocycles. The van der Waals surface area contributed by atoms with Crippen LogP contribution in [0.15, 0.2) is 71.4 Å². The maximum Gasteiger partial charge on any atom is 0.0736 e. The van der Waals surface area contributed by atoms with Crippen molar-refractivity contribution in [3.8, 4) is 9.75 Å². The third-order valence-electron chi connectivity index (χ3n) is 5.57. The lowest BCUT2D eigenvalue weighted by atomic mass is 9.62. The Morgan fingerprint density at radius 2 is 1.08 bits per heavy atom. The molecular weight excluding hydrogens is 328 g/mol. The minimum absolute atomic E-state index is 0.115. The van der Waals surface area contributed by atoms with Crippen molar-refractivity contribution in [2.75, 3.05) is 0 Å². The third-order valence-corrected chi connectivity index (χ3v) is 7.56. The average Bonchev–Trinajstić information content (AvgIpc) is 3.31. The van der Waals surface area contributed by atoms with Crippen LogP contribution in [0.2, 0.25) is 0 Å². The minimum atomic E-state index is -0.115. The summed E-state index contributed by atoms with van der Waals surface area (Å²) in [5.74, 6) is 0. The monoisotopic (exact) mass is 342 g/mol. The molecule has 4 aromatic rings. The molecule has 2 aliphatic rings. The Morgan fingerprint density at radius 3 is 1.62 bits per heavy atom. The Hall–Kier alpha value is -2.16. The summed E-state index contributed by atoms with van der Waals surface area (Å²) in [5.41, 5.74) is 8.72. The van der Waals surface area contributed by atoms with Gasteiger partial charge in [0.05, 0.1) is 5.41 Å².